The minimum absolute atomic E-state index is 0.0486. The second-order valence-corrected chi connectivity index (χ2v) is 16.7. The van der Waals surface area contributed by atoms with E-state index >= 15 is 0 Å². The number of hydrogen-bond donors (Lipinski definition) is 4. The predicted molar refractivity (Wildman–Crippen MR) is 227 cm³/mol. The molecule has 5 amide bonds. The number of aromatic nitrogens is 3. The van der Waals surface area contributed by atoms with Crippen LogP contribution in [-0.4, -0.2) is 87.1 Å². The van der Waals surface area contributed by atoms with Crippen molar-refractivity contribution >= 4 is 63.5 Å². The number of carbonyl (C=O) groups excluding carboxylic acids is 5. The van der Waals surface area contributed by atoms with Crippen molar-refractivity contribution in [1.82, 2.24) is 40.3 Å². The third-order valence-electron chi connectivity index (χ3n) is 11.4. The van der Waals surface area contributed by atoms with E-state index in [2.05, 4.69) is 30.8 Å². The fourth-order valence-corrected chi connectivity index (χ4v) is 9.06. The second kappa shape index (κ2) is 18.0. The molecule has 5 heterocycles. The standard InChI is InChI=1S/C44H49N9O6S/c1-51(2)43(58)36-21-29-23-47-44(50-39(29)53(36)31-7-3-4-8-31)48-30-13-11-28(12-14-30)40(55)46-20-6-5-19-45-22-27-9-15-32(16-10-27)59-25-37-33-24-52(42(57)34(33)26-60-37)35-17-18-38(54)49-41(35)56/h9-16,21,23,26,31,35,45H,3-8,17-20,22,24-25H2,1-2H3,(H,46,55)(H,47,48,50)(H,49,54,56). The van der Waals surface area contributed by atoms with Crippen molar-refractivity contribution in [3.63, 3.8) is 0 Å². The molecule has 4 N–H and O–H groups in total. The first-order valence-corrected chi connectivity index (χ1v) is 21.4. The molecule has 1 saturated carbocycles. The largest absolute Gasteiger partial charge is 0.488 e. The maximum absolute atomic E-state index is 13.0. The van der Waals surface area contributed by atoms with Crippen molar-refractivity contribution < 1.29 is 28.7 Å². The number of piperidine rings is 1. The number of ether oxygens (including phenoxy) is 1. The first-order valence-electron chi connectivity index (χ1n) is 20.5. The fraction of sp³-hybridized carbons (Fsp3) is 0.386. The minimum Gasteiger partial charge on any atom is -0.488 e. The van der Waals surface area contributed by atoms with Gasteiger partial charge in [-0.3, -0.25) is 29.3 Å². The van der Waals surface area contributed by atoms with Gasteiger partial charge in [0.05, 0.1) is 5.56 Å². The number of nitrogens with zero attached hydrogens (tertiary/aromatic N) is 5. The van der Waals surface area contributed by atoms with Gasteiger partial charge in [-0.05, 0) is 86.7 Å². The zero-order valence-corrected chi connectivity index (χ0v) is 34.6. The summed E-state index contributed by atoms with van der Waals surface area (Å²) in [5, 5.41) is 14.7. The molecule has 1 aliphatic carbocycles. The Morgan fingerprint density at radius 3 is 2.50 bits per heavy atom. The third-order valence-corrected chi connectivity index (χ3v) is 12.4. The highest BCUT2D eigenvalue weighted by Crippen LogP contribution is 2.36. The lowest BCUT2D eigenvalue weighted by atomic mass is 10.0. The summed E-state index contributed by atoms with van der Waals surface area (Å²) in [5.41, 5.74) is 5.31. The van der Waals surface area contributed by atoms with E-state index in [-0.39, 0.29) is 36.1 Å². The smallest absolute Gasteiger partial charge is 0.270 e. The SMILES string of the molecule is CN(C)C(=O)c1cc2cnc(Nc3ccc(C(=O)NCCCCNCc4ccc(OCc5scc6c5CN(C5CCC(=O)NC5=O)C6=O)cc4)cc3)nc2n1C1CCCC1. The van der Waals surface area contributed by atoms with Crippen LogP contribution >= 0.6 is 11.3 Å². The Hall–Kier alpha value is -6.13. The van der Waals surface area contributed by atoms with E-state index in [0.717, 1.165) is 83.5 Å². The Morgan fingerprint density at radius 2 is 1.75 bits per heavy atom. The first-order chi connectivity index (χ1) is 29.1. The number of imide groups is 1. The van der Waals surface area contributed by atoms with E-state index in [1.807, 2.05) is 47.8 Å². The molecule has 0 bridgehead atoms. The molecule has 8 rings (SSSR count). The molecule has 0 radical (unpaired) electrons. The summed E-state index contributed by atoms with van der Waals surface area (Å²) in [7, 11) is 3.52. The molecular weight excluding hydrogens is 783 g/mol. The van der Waals surface area contributed by atoms with Gasteiger partial charge in [0.15, 0.2) is 0 Å². The molecule has 3 aromatic heterocycles. The van der Waals surface area contributed by atoms with Crippen LogP contribution < -0.4 is 26.0 Å². The number of benzene rings is 2. The topological polar surface area (TPSA) is 180 Å². The maximum Gasteiger partial charge on any atom is 0.270 e. The number of carbonyl (C=O) groups is 5. The van der Waals surface area contributed by atoms with Crippen LogP contribution in [0.1, 0.15) is 105 Å². The molecule has 16 heteroatoms. The van der Waals surface area contributed by atoms with Gasteiger partial charge < -0.3 is 35.1 Å². The lowest BCUT2D eigenvalue weighted by molar-refractivity contribution is -0.136. The van der Waals surface area contributed by atoms with E-state index < -0.39 is 11.9 Å². The quantitative estimate of drug-likeness (QED) is 0.0713. The Balaban J connectivity index is 0.736. The molecule has 1 unspecified atom stereocenters. The predicted octanol–water partition coefficient (Wildman–Crippen LogP) is 5.69. The number of thiophene rings is 1. The average Bonchev–Trinajstić information content (AvgIpc) is 4.06. The normalized spacial score (nSPS) is 16.6. The summed E-state index contributed by atoms with van der Waals surface area (Å²) in [6.45, 7) is 2.73. The van der Waals surface area contributed by atoms with E-state index in [0.29, 0.717) is 55.4 Å². The maximum atomic E-state index is 13.0. The van der Waals surface area contributed by atoms with Gasteiger partial charge in [-0.15, -0.1) is 11.3 Å². The molecule has 15 nitrogen and oxygen atoms in total. The number of anilines is 2. The summed E-state index contributed by atoms with van der Waals surface area (Å²) in [6.07, 6.45) is 8.35. The molecule has 5 aromatic rings. The molecule has 0 spiro atoms. The van der Waals surface area contributed by atoms with Crippen LogP contribution in [0.4, 0.5) is 11.6 Å². The van der Waals surface area contributed by atoms with Crippen LogP contribution in [-0.2, 0) is 29.3 Å². The highest BCUT2D eigenvalue weighted by atomic mass is 32.1. The van der Waals surface area contributed by atoms with E-state index in [1.54, 1.807) is 42.2 Å². The summed E-state index contributed by atoms with van der Waals surface area (Å²) in [6, 6.07) is 16.6. The first kappa shape index (κ1) is 40.6. The monoisotopic (exact) mass is 831 g/mol. The number of fused-ring (bicyclic) bond motifs is 2. The molecule has 312 valence electrons. The summed E-state index contributed by atoms with van der Waals surface area (Å²) in [5.74, 6) is 0.0749. The van der Waals surface area contributed by atoms with Crippen LogP contribution in [0, 0.1) is 0 Å². The lowest BCUT2D eigenvalue weighted by Crippen LogP contribution is -2.52. The zero-order valence-electron chi connectivity index (χ0n) is 33.8. The second-order valence-electron chi connectivity index (χ2n) is 15.7. The van der Waals surface area contributed by atoms with Gasteiger partial charge in [-0.1, -0.05) is 25.0 Å². The Morgan fingerprint density at radius 1 is 0.983 bits per heavy atom. The Labute approximate surface area is 351 Å². The molecular formula is C44H49N9O6S. The fourth-order valence-electron chi connectivity index (χ4n) is 8.12. The molecule has 2 fully saturated rings. The Bertz CT molecular complexity index is 2400. The van der Waals surface area contributed by atoms with Gasteiger partial charge in [-0.2, -0.15) is 4.98 Å². The highest BCUT2D eigenvalue weighted by molar-refractivity contribution is 7.10. The van der Waals surface area contributed by atoms with Crippen molar-refractivity contribution in [3.05, 3.63) is 99.0 Å². The molecule has 2 aliphatic heterocycles. The van der Waals surface area contributed by atoms with Crippen LogP contribution in [0.2, 0.25) is 0 Å². The molecule has 1 saturated heterocycles. The molecule has 1 atom stereocenters. The van der Waals surface area contributed by atoms with Gasteiger partial charge in [-0.25, -0.2) is 4.98 Å². The van der Waals surface area contributed by atoms with Crippen molar-refractivity contribution in [2.75, 3.05) is 32.5 Å². The highest BCUT2D eigenvalue weighted by Gasteiger charge is 2.40. The van der Waals surface area contributed by atoms with E-state index in [9.17, 15) is 24.0 Å². The lowest BCUT2D eigenvalue weighted by Gasteiger charge is -2.29. The van der Waals surface area contributed by atoms with Gasteiger partial charge in [0.25, 0.3) is 17.7 Å². The number of amides is 5. The molecule has 3 aliphatic rings. The molecule has 60 heavy (non-hydrogen) atoms. The number of nitrogens with one attached hydrogen (secondary N) is 4. The van der Waals surface area contributed by atoms with Gasteiger partial charge in [0.1, 0.15) is 29.7 Å². The van der Waals surface area contributed by atoms with Crippen LogP contribution in [0.15, 0.2) is 66.2 Å². The van der Waals surface area contributed by atoms with E-state index in [4.69, 9.17) is 9.72 Å². The van der Waals surface area contributed by atoms with Gasteiger partial charge in [0.2, 0.25) is 17.8 Å². The van der Waals surface area contributed by atoms with Crippen LogP contribution in [0.3, 0.4) is 0 Å². The molecule has 2 aromatic carbocycles. The number of unbranched alkanes of at least 4 members (excludes halogenated alkanes) is 1. The number of hydrogen-bond acceptors (Lipinski definition) is 11. The number of rotatable bonds is 16. The average molecular weight is 832 g/mol. The van der Waals surface area contributed by atoms with Crippen molar-refractivity contribution in [1.29, 1.82) is 0 Å². The Kier molecular flexibility index (Phi) is 12.2. The van der Waals surface area contributed by atoms with Crippen LogP contribution in [0.25, 0.3) is 11.0 Å². The van der Waals surface area contributed by atoms with Gasteiger partial charge >= 0.3 is 0 Å². The minimum atomic E-state index is -0.633. The van der Waals surface area contributed by atoms with Crippen molar-refractivity contribution in [2.24, 2.45) is 0 Å². The van der Waals surface area contributed by atoms with Crippen molar-refractivity contribution in [2.45, 2.75) is 83.1 Å². The third kappa shape index (κ3) is 8.89. The van der Waals surface area contributed by atoms with Crippen LogP contribution in [0.5, 0.6) is 5.75 Å². The van der Waals surface area contributed by atoms with Gasteiger partial charge in [0, 0.05) is 84.8 Å². The van der Waals surface area contributed by atoms with E-state index in [1.165, 1.54) is 11.3 Å². The van der Waals surface area contributed by atoms with Crippen molar-refractivity contribution in [3.8, 4) is 5.75 Å². The summed E-state index contributed by atoms with van der Waals surface area (Å²) >= 11 is 1.48. The summed E-state index contributed by atoms with van der Waals surface area (Å²) < 4.78 is 8.15. The summed E-state index contributed by atoms with van der Waals surface area (Å²) in [4.78, 5) is 76.2. The zero-order chi connectivity index (χ0) is 41.8.